The molecule has 4 aromatic rings. The lowest BCUT2D eigenvalue weighted by atomic mass is 9.99. The zero-order valence-electron chi connectivity index (χ0n) is 28.9. The predicted molar refractivity (Wildman–Crippen MR) is 190 cm³/mol. The van der Waals surface area contributed by atoms with Crippen LogP contribution in [0.1, 0.15) is 57.3 Å². The van der Waals surface area contributed by atoms with E-state index in [0.717, 1.165) is 39.1 Å². The highest BCUT2D eigenvalue weighted by molar-refractivity contribution is 6.16. The number of hydrogen-bond donors (Lipinski definition) is 3. The van der Waals surface area contributed by atoms with Crippen molar-refractivity contribution in [3.05, 3.63) is 119 Å². The third-order valence-corrected chi connectivity index (χ3v) is 8.20. The summed E-state index contributed by atoms with van der Waals surface area (Å²) in [5.74, 6) is -2.24. The number of benzene rings is 3. The van der Waals surface area contributed by atoms with E-state index >= 15 is 0 Å². The molecule has 0 saturated heterocycles. The first-order valence-corrected chi connectivity index (χ1v) is 16.8. The van der Waals surface area contributed by atoms with Gasteiger partial charge in [-0.3, -0.25) is 19.7 Å². The van der Waals surface area contributed by atoms with Crippen molar-refractivity contribution in [1.82, 2.24) is 25.1 Å². The molecule has 14 nitrogen and oxygen atoms in total. The van der Waals surface area contributed by atoms with E-state index in [2.05, 4.69) is 20.6 Å². The SMILES string of the molecule is Cc1ccc(C(OC(=O)NCCN(CC(=O)O)C(=O)Cn2cnc3c2N=C(NC(=O)OCCCc2ccccc2)CC3=O)c2ccc(C)cc2)cc1. The second kappa shape index (κ2) is 17.6. The van der Waals surface area contributed by atoms with Crippen LogP contribution < -0.4 is 10.6 Å². The summed E-state index contributed by atoms with van der Waals surface area (Å²) >= 11 is 0. The maximum atomic E-state index is 13.3. The number of carboxylic acid groups (broad SMARTS) is 1. The number of amidine groups is 1. The minimum Gasteiger partial charge on any atom is -0.480 e. The first-order valence-electron chi connectivity index (χ1n) is 16.8. The number of aliphatic imine (C=N–C) groups is 1. The first kappa shape index (κ1) is 37.0. The smallest absolute Gasteiger partial charge is 0.412 e. The Bertz CT molecular complexity index is 1880. The summed E-state index contributed by atoms with van der Waals surface area (Å²) in [6.07, 6.45) is 0.138. The third-order valence-electron chi connectivity index (χ3n) is 8.20. The molecular weight excluding hydrogens is 668 g/mol. The Labute approximate surface area is 300 Å². The van der Waals surface area contributed by atoms with Crippen molar-refractivity contribution in [2.75, 3.05) is 26.2 Å². The minimum absolute atomic E-state index is 0.0143. The largest absolute Gasteiger partial charge is 0.480 e. The van der Waals surface area contributed by atoms with Gasteiger partial charge in [0.15, 0.2) is 23.4 Å². The van der Waals surface area contributed by atoms with E-state index in [1.807, 2.05) is 92.7 Å². The van der Waals surface area contributed by atoms with Crippen LogP contribution in [0.15, 0.2) is 90.2 Å². The first-order chi connectivity index (χ1) is 25.0. The zero-order chi connectivity index (χ0) is 37.0. The number of ether oxygens (including phenoxy) is 2. The number of carbonyl (C=O) groups is 5. The van der Waals surface area contributed by atoms with Gasteiger partial charge in [-0.1, -0.05) is 90.0 Å². The summed E-state index contributed by atoms with van der Waals surface area (Å²) in [7, 11) is 0. The Balaban J connectivity index is 1.17. The fourth-order valence-corrected chi connectivity index (χ4v) is 5.47. The summed E-state index contributed by atoms with van der Waals surface area (Å²) in [5.41, 5.74) is 4.77. The molecule has 3 amide bonds. The maximum absolute atomic E-state index is 13.3. The fraction of sp³-hybridized carbons (Fsp3) is 0.289. The van der Waals surface area contributed by atoms with Crippen molar-refractivity contribution in [2.24, 2.45) is 4.99 Å². The van der Waals surface area contributed by atoms with E-state index in [0.29, 0.717) is 6.42 Å². The summed E-state index contributed by atoms with van der Waals surface area (Å²) in [6.45, 7) is 2.77. The highest BCUT2D eigenvalue weighted by atomic mass is 16.6. The molecule has 3 N–H and O–H groups in total. The van der Waals surface area contributed by atoms with E-state index in [4.69, 9.17) is 9.47 Å². The topological polar surface area (TPSA) is 182 Å². The highest BCUT2D eigenvalue weighted by Crippen LogP contribution is 2.27. The molecule has 270 valence electrons. The number of amides is 3. The second-order valence-electron chi connectivity index (χ2n) is 12.3. The Kier molecular flexibility index (Phi) is 12.5. The Morgan fingerprint density at radius 1 is 0.923 bits per heavy atom. The van der Waals surface area contributed by atoms with Crippen LogP contribution >= 0.6 is 0 Å². The molecule has 52 heavy (non-hydrogen) atoms. The number of carboxylic acids is 1. The summed E-state index contributed by atoms with van der Waals surface area (Å²) in [5, 5.41) is 14.6. The number of nitrogens with one attached hydrogen (secondary N) is 2. The molecular formula is C38H40N6O8. The lowest BCUT2D eigenvalue weighted by molar-refractivity contribution is -0.144. The van der Waals surface area contributed by atoms with Gasteiger partial charge in [0.05, 0.1) is 19.4 Å². The molecule has 0 spiro atoms. The van der Waals surface area contributed by atoms with Gasteiger partial charge in [0, 0.05) is 13.1 Å². The number of fused-ring (bicyclic) bond motifs is 1. The standard InChI is InChI=1S/C38H40N6O8/c1-25-10-14-28(15-11-25)35(29-16-12-26(2)13-17-29)52-37(49)39-18-19-43(23-33(47)48)32(46)22-44-24-40-34-30(45)21-31(41-36(34)44)42-38(50)51-20-6-9-27-7-4-3-5-8-27/h3-5,7-8,10-17,24,35H,6,9,18-23H2,1-2H3,(H,39,49)(H,47,48)(H,41,42,50). The minimum atomic E-state index is -1.26. The quantitative estimate of drug-likeness (QED) is 0.153. The molecule has 0 radical (unpaired) electrons. The van der Waals surface area contributed by atoms with E-state index in [-0.39, 0.29) is 43.5 Å². The highest BCUT2D eigenvalue weighted by Gasteiger charge is 2.28. The number of rotatable bonds is 14. The molecule has 0 bridgehead atoms. The molecule has 2 heterocycles. The van der Waals surface area contributed by atoms with Crippen molar-refractivity contribution in [3.8, 4) is 0 Å². The van der Waals surface area contributed by atoms with Crippen LogP contribution in [0.3, 0.4) is 0 Å². The number of ketones is 1. The van der Waals surface area contributed by atoms with Gasteiger partial charge in [0.25, 0.3) is 0 Å². The number of carbonyl (C=O) groups excluding carboxylic acids is 4. The van der Waals surface area contributed by atoms with Crippen LogP contribution in [0.4, 0.5) is 15.4 Å². The normalized spacial score (nSPS) is 12.1. The molecule has 14 heteroatoms. The number of aliphatic carboxylic acids is 1. The van der Waals surface area contributed by atoms with Crippen LogP contribution in [0.5, 0.6) is 0 Å². The molecule has 5 rings (SSSR count). The molecule has 0 aliphatic carbocycles. The van der Waals surface area contributed by atoms with Gasteiger partial charge >= 0.3 is 18.2 Å². The lowest BCUT2D eigenvalue weighted by Crippen LogP contribution is -2.43. The van der Waals surface area contributed by atoms with Crippen LogP contribution in [0.25, 0.3) is 0 Å². The summed E-state index contributed by atoms with van der Waals surface area (Å²) < 4.78 is 12.3. The van der Waals surface area contributed by atoms with Crippen molar-refractivity contribution >= 4 is 41.5 Å². The summed E-state index contributed by atoms with van der Waals surface area (Å²) in [6, 6.07) is 25.0. The fourth-order valence-electron chi connectivity index (χ4n) is 5.47. The number of aryl methyl sites for hydroxylation is 3. The van der Waals surface area contributed by atoms with Gasteiger partial charge < -0.3 is 29.4 Å². The number of alkyl carbamates (subject to hydrolysis) is 2. The molecule has 0 atom stereocenters. The molecule has 0 saturated carbocycles. The van der Waals surface area contributed by atoms with Gasteiger partial charge in [-0.2, -0.15) is 0 Å². The zero-order valence-corrected chi connectivity index (χ0v) is 28.9. The average Bonchev–Trinajstić information content (AvgIpc) is 3.52. The number of aromatic nitrogens is 2. The Morgan fingerprint density at radius 2 is 1.58 bits per heavy atom. The van der Waals surface area contributed by atoms with E-state index in [9.17, 15) is 29.1 Å². The second-order valence-corrected chi connectivity index (χ2v) is 12.3. The molecule has 3 aromatic carbocycles. The van der Waals surface area contributed by atoms with Gasteiger partial charge in [-0.25, -0.2) is 19.6 Å². The number of Topliss-reactive ketones (excluding diaryl/α,β-unsaturated/α-hetero) is 1. The van der Waals surface area contributed by atoms with Gasteiger partial charge in [-0.05, 0) is 43.4 Å². The van der Waals surface area contributed by atoms with Crippen molar-refractivity contribution in [1.29, 1.82) is 0 Å². The predicted octanol–water partition coefficient (Wildman–Crippen LogP) is 4.90. The monoisotopic (exact) mass is 708 g/mol. The average molecular weight is 709 g/mol. The van der Waals surface area contributed by atoms with Gasteiger partial charge in [0.1, 0.15) is 18.9 Å². The van der Waals surface area contributed by atoms with Crippen LogP contribution in [-0.4, -0.2) is 81.5 Å². The molecule has 1 aliphatic rings. The molecule has 0 fully saturated rings. The number of nitrogens with zero attached hydrogens (tertiary/aromatic N) is 4. The summed E-state index contributed by atoms with van der Waals surface area (Å²) in [4.78, 5) is 72.6. The Hall–Kier alpha value is -6.31. The van der Waals surface area contributed by atoms with Crippen molar-refractivity contribution < 1.29 is 38.6 Å². The van der Waals surface area contributed by atoms with Gasteiger partial charge in [-0.15, -0.1) is 0 Å². The number of hydrogen-bond acceptors (Lipinski definition) is 9. The van der Waals surface area contributed by atoms with E-state index in [1.165, 1.54) is 10.9 Å². The molecule has 1 aliphatic heterocycles. The Morgan fingerprint density at radius 3 is 2.21 bits per heavy atom. The molecule has 1 aromatic heterocycles. The molecule has 0 unspecified atom stereocenters. The van der Waals surface area contributed by atoms with Crippen LogP contribution in [-0.2, 0) is 32.0 Å². The van der Waals surface area contributed by atoms with Crippen LogP contribution in [0.2, 0.25) is 0 Å². The lowest BCUT2D eigenvalue weighted by Gasteiger charge is -2.23. The third kappa shape index (κ3) is 10.4. The van der Waals surface area contributed by atoms with Crippen molar-refractivity contribution in [3.63, 3.8) is 0 Å². The van der Waals surface area contributed by atoms with Crippen LogP contribution in [0, 0.1) is 13.8 Å². The van der Waals surface area contributed by atoms with Crippen molar-refractivity contribution in [2.45, 2.75) is 45.8 Å². The number of imidazole rings is 1. The maximum Gasteiger partial charge on any atom is 0.412 e. The van der Waals surface area contributed by atoms with E-state index < -0.39 is 49.0 Å². The van der Waals surface area contributed by atoms with Gasteiger partial charge in [0.2, 0.25) is 5.91 Å². The van der Waals surface area contributed by atoms with E-state index in [1.54, 1.807) is 0 Å².